The van der Waals surface area contributed by atoms with Crippen molar-refractivity contribution in [3.63, 3.8) is 0 Å². The molecule has 0 aliphatic heterocycles. The third kappa shape index (κ3) is 13.2. The van der Waals surface area contributed by atoms with Crippen LogP contribution in [0.15, 0.2) is 12.1 Å². The van der Waals surface area contributed by atoms with E-state index in [1.807, 2.05) is 0 Å². The van der Waals surface area contributed by atoms with E-state index in [4.69, 9.17) is 42.6 Å². The SMILES string of the molecule is COCCOCCOCCOc1cc(OCCOCCOCCOC)c([N+](=O)[O-])cc1C(=O)OC. The molecule has 0 aromatic heterocycles. The fourth-order valence-corrected chi connectivity index (χ4v) is 2.55. The lowest BCUT2D eigenvalue weighted by molar-refractivity contribution is -0.385. The summed E-state index contributed by atoms with van der Waals surface area (Å²) in [6, 6.07) is 2.34. The number of benzene rings is 1. The van der Waals surface area contributed by atoms with Gasteiger partial charge in [-0.1, -0.05) is 0 Å². The third-order valence-corrected chi connectivity index (χ3v) is 4.24. The van der Waals surface area contributed by atoms with Crippen molar-refractivity contribution in [2.75, 3.05) is 101 Å². The van der Waals surface area contributed by atoms with E-state index in [2.05, 4.69) is 0 Å². The van der Waals surface area contributed by atoms with Crippen LogP contribution >= 0.6 is 0 Å². The first-order valence-corrected chi connectivity index (χ1v) is 11.0. The molecule has 0 amide bonds. The van der Waals surface area contributed by atoms with Gasteiger partial charge < -0.3 is 42.6 Å². The molecule has 0 aliphatic rings. The molecule has 1 aromatic rings. The molecule has 1 aromatic carbocycles. The molecule has 0 atom stereocenters. The molecule has 0 unspecified atom stereocenters. The quantitative estimate of drug-likeness (QED) is 0.0975. The fourth-order valence-electron chi connectivity index (χ4n) is 2.55. The number of nitrogens with zero attached hydrogens (tertiary/aromatic N) is 1. The van der Waals surface area contributed by atoms with Crippen LogP contribution in [0.1, 0.15) is 10.4 Å². The zero-order valence-electron chi connectivity index (χ0n) is 20.5. The summed E-state index contributed by atoms with van der Waals surface area (Å²) in [5, 5.41) is 11.5. The number of nitro groups is 1. The van der Waals surface area contributed by atoms with Gasteiger partial charge in [0.1, 0.15) is 24.5 Å². The van der Waals surface area contributed by atoms with Gasteiger partial charge in [-0.15, -0.1) is 0 Å². The molecule has 35 heavy (non-hydrogen) atoms. The summed E-state index contributed by atoms with van der Waals surface area (Å²) in [7, 11) is 4.34. The molecule has 0 saturated heterocycles. The summed E-state index contributed by atoms with van der Waals surface area (Å²) in [5.74, 6) is -0.770. The largest absolute Gasteiger partial charge is 0.490 e. The highest BCUT2D eigenvalue weighted by Gasteiger charge is 2.24. The van der Waals surface area contributed by atoms with E-state index >= 15 is 0 Å². The second-order valence-electron chi connectivity index (χ2n) is 6.70. The van der Waals surface area contributed by atoms with Gasteiger partial charge in [-0.3, -0.25) is 10.1 Å². The Balaban J connectivity index is 2.62. The molecule has 0 bridgehead atoms. The van der Waals surface area contributed by atoms with Crippen molar-refractivity contribution < 1.29 is 52.3 Å². The summed E-state index contributed by atoms with van der Waals surface area (Å²) < 4.78 is 47.0. The Bertz CT molecular complexity index is 731. The van der Waals surface area contributed by atoms with Crippen LogP contribution < -0.4 is 9.47 Å². The van der Waals surface area contributed by atoms with Crippen LogP contribution in [0.4, 0.5) is 5.69 Å². The van der Waals surface area contributed by atoms with Crippen LogP contribution in [0, 0.1) is 10.1 Å². The van der Waals surface area contributed by atoms with Crippen molar-refractivity contribution in [1.29, 1.82) is 0 Å². The predicted octanol–water partition coefficient (Wildman–Crippen LogP) is 1.50. The zero-order valence-corrected chi connectivity index (χ0v) is 20.5. The van der Waals surface area contributed by atoms with Gasteiger partial charge in [0.2, 0.25) is 5.75 Å². The van der Waals surface area contributed by atoms with Gasteiger partial charge in [0.15, 0.2) is 0 Å². The molecule has 0 saturated carbocycles. The number of carbonyl (C=O) groups excluding carboxylic acids is 1. The molecule has 1 rings (SSSR count). The molecule has 0 fully saturated rings. The molecule has 0 heterocycles. The topological polar surface area (TPSA) is 143 Å². The minimum Gasteiger partial charge on any atom is -0.490 e. The number of ether oxygens (including phenoxy) is 9. The highest BCUT2D eigenvalue weighted by atomic mass is 16.6. The monoisotopic (exact) mass is 505 g/mol. The summed E-state index contributed by atoms with van der Waals surface area (Å²) in [6.07, 6.45) is 0. The van der Waals surface area contributed by atoms with E-state index in [0.29, 0.717) is 52.9 Å². The van der Waals surface area contributed by atoms with Crippen LogP contribution in [0.3, 0.4) is 0 Å². The highest BCUT2D eigenvalue weighted by Crippen LogP contribution is 2.35. The zero-order chi connectivity index (χ0) is 25.7. The van der Waals surface area contributed by atoms with Gasteiger partial charge in [-0.2, -0.15) is 0 Å². The van der Waals surface area contributed by atoms with E-state index in [-0.39, 0.29) is 43.5 Å². The molecule has 0 aliphatic carbocycles. The van der Waals surface area contributed by atoms with Crippen LogP contribution in [0.2, 0.25) is 0 Å². The summed E-state index contributed by atoms with van der Waals surface area (Å²) in [4.78, 5) is 23.0. The van der Waals surface area contributed by atoms with E-state index in [0.717, 1.165) is 6.07 Å². The number of hydrogen-bond donors (Lipinski definition) is 0. The Labute approximate surface area is 204 Å². The van der Waals surface area contributed by atoms with Gasteiger partial charge in [0, 0.05) is 26.4 Å². The van der Waals surface area contributed by atoms with Crippen molar-refractivity contribution in [3.05, 3.63) is 27.8 Å². The lowest BCUT2D eigenvalue weighted by Crippen LogP contribution is -2.15. The van der Waals surface area contributed by atoms with Crippen LogP contribution in [-0.4, -0.2) is 112 Å². The summed E-state index contributed by atoms with van der Waals surface area (Å²) >= 11 is 0. The second kappa shape index (κ2) is 19.7. The predicted molar refractivity (Wildman–Crippen MR) is 122 cm³/mol. The fraction of sp³-hybridized carbons (Fsp3) is 0.682. The Kier molecular flexibility index (Phi) is 17.2. The van der Waals surface area contributed by atoms with Crippen LogP contribution in [0.25, 0.3) is 0 Å². The standard InChI is InChI=1S/C22H35NO12/c1-27-4-6-30-8-10-32-12-14-34-20-17-21(19(23(25)26)16-18(20)22(24)29-3)35-15-13-33-11-9-31-7-5-28-2/h16-17H,4-15H2,1-3H3. The van der Waals surface area contributed by atoms with E-state index in [1.54, 1.807) is 14.2 Å². The maximum absolute atomic E-state index is 12.1. The normalized spacial score (nSPS) is 10.8. The van der Waals surface area contributed by atoms with Gasteiger partial charge in [0.05, 0.1) is 78.1 Å². The molecule has 13 heteroatoms. The molecule has 0 N–H and O–H groups in total. The number of methoxy groups -OCH3 is 3. The van der Waals surface area contributed by atoms with Crippen molar-refractivity contribution in [3.8, 4) is 11.5 Å². The average molecular weight is 506 g/mol. The Morgan fingerprint density at radius 3 is 1.54 bits per heavy atom. The molecule has 13 nitrogen and oxygen atoms in total. The van der Waals surface area contributed by atoms with Crippen molar-refractivity contribution >= 4 is 11.7 Å². The first-order valence-electron chi connectivity index (χ1n) is 11.0. The first kappa shape index (κ1) is 30.5. The van der Waals surface area contributed by atoms with Gasteiger partial charge in [0.25, 0.3) is 0 Å². The van der Waals surface area contributed by atoms with E-state index < -0.39 is 16.6 Å². The summed E-state index contributed by atoms with van der Waals surface area (Å²) in [5.41, 5.74) is -0.496. The molecular weight excluding hydrogens is 470 g/mol. The van der Waals surface area contributed by atoms with E-state index in [1.165, 1.54) is 13.2 Å². The smallest absolute Gasteiger partial charge is 0.341 e. The molecule has 0 spiro atoms. The first-order chi connectivity index (χ1) is 17.0. The third-order valence-electron chi connectivity index (χ3n) is 4.24. The lowest BCUT2D eigenvalue weighted by Gasteiger charge is -2.14. The van der Waals surface area contributed by atoms with Gasteiger partial charge >= 0.3 is 11.7 Å². The Hall–Kier alpha value is -2.55. The minimum atomic E-state index is -0.779. The van der Waals surface area contributed by atoms with Crippen LogP contribution in [0.5, 0.6) is 11.5 Å². The van der Waals surface area contributed by atoms with Gasteiger partial charge in [-0.05, 0) is 0 Å². The number of rotatable bonds is 22. The molecular formula is C22H35NO12. The second-order valence-corrected chi connectivity index (χ2v) is 6.70. The lowest BCUT2D eigenvalue weighted by atomic mass is 10.1. The number of esters is 1. The number of nitro benzene ring substituents is 1. The molecule has 200 valence electrons. The van der Waals surface area contributed by atoms with Gasteiger partial charge in [-0.25, -0.2) is 4.79 Å². The maximum Gasteiger partial charge on any atom is 0.341 e. The van der Waals surface area contributed by atoms with Crippen LogP contribution in [-0.2, 0) is 33.2 Å². The Morgan fingerprint density at radius 1 is 0.686 bits per heavy atom. The Morgan fingerprint density at radius 2 is 1.11 bits per heavy atom. The highest BCUT2D eigenvalue weighted by molar-refractivity contribution is 5.94. The van der Waals surface area contributed by atoms with Crippen molar-refractivity contribution in [1.82, 2.24) is 0 Å². The molecule has 0 radical (unpaired) electrons. The summed E-state index contributed by atoms with van der Waals surface area (Å²) in [6.45, 7) is 3.92. The minimum absolute atomic E-state index is 0.0438. The number of hydrogen-bond acceptors (Lipinski definition) is 12. The average Bonchev–Trinajstić information content (AvgIpc) is 2.86. The number of carbonyl (C=O) groups is 1. The van der Waals surface area contributed by atoms with Crippen molar-refractivity contribution in [2.24, 2.45) is 0 Å². The van der Waals surface area contributed by atoms with E-state index in [9.17, 15) is 14.9 Å². The maximum atomic E-state index is 12.1. The van der Waals surface area contributed by atoms with Crippen molar-refractivity contribution in [2.45, 2.75) is 0 Å².